The summed E-state index contributed by atoms with van der Waals surface area (Å²) < 4.78 is 0. The molecule has 0 bridgehead atoms. The lowest BCUT2D eigenvalue weighted by molar-refractivity contribution is 1.66. The number of benzene rings is 11. The fraction of sp³-hybridized carbons (Fsp3) is 0. The molecule has 0 saturated heterocycles. The summed E-state index contributed by atoms with van der Waals surface area (Å²) in [5.41, 5.74) is 7.65. The summed E-state index contributed by atoms with van der Waals surface area (Å²) in [5.74, 6) is 0. The van der Waals surface area contributed by atoms with Gasteiger partial charge in [0.1, 0.15) is 0 Å². The normalized spacial score (nSPS) is 12.0. The molecule has 0 fully saturated rings. The van der Waals surface area contributed by atoms with Crippen molar-refractivity contribution in [1.82, 2.24) is 0 Å². The van der Waals surface area contributed by atoms with Crippen molar-refractivity contribution in [3.8, 4) is 33.4 Å². The van der Waals surface area contributed by atoms with Gasteiger partial charge in [-0.25, -0.2) is 0 Å². The Hall–Kier alpha value is -6.50. The lowest BCUT2D eigenvalue weighted by atomic mass is 9.81. The molecule has 50 heavy (non-hydrogen) atoms. The van der Waals surface area contributed by atoms with Gasteiger partial charge in [0.05, 0.1) is 0 Å². The van der Waals surface area contributed by atoms with Crippen molar-refractivity contribution in [3.05, 3.63) is 182 Å². The second-order valence-electron chi connectivity index (χ2n) is 13.6. The minimum atomic E-state index is 1.25. The molecule has 0 spiro atoms. The molecule has 0 N–H and O–H groups in total. The monoisotopic (exact) mass is 630 g/mol. The molecule has 0 nitrogen and oxygen atoms in total. The molecule has 0 radical (unpaired) electrons. The van der Waals surface area contributed by atoms with Gasteiger partial charge in [0, 0.05) is 0 Å². The fourth-order valence-electron chi connectivity index (χ4n) is 8.77. The van der Waals surface area contributed by atoms with E-state index >= 15 is 0 Å². The van der Waals surface area contributed by atoms with Crippen LogP contribution >= 0.6 is 0 Å². The Morgan fingerprint density at radius 1 is 0.220 bits per heavy atom. The Balaban J connectivity index is 1.31. The van der Waals surface area contributed by atoms with E-state index in [2.05, 4.69) is 182 Å². The molecular formula is C50H30. The maximum Gasteiger partial charge on any atom is -0.00139 e. The molecule has 11 aromatic rings. The lowest BCUT2D eigenvalue weighted by Crippen LogP contribution is -1.94. The first-order chi connectivity index (χ1) is 24.8. The molecule has 0 atom stereocenters. The van der Waals surface area contributed by atoms with Crippen molar-refractivity contribution in [2.24, 2.45) is 0 Å². The molecule has 0 amide bonds. The number of rotatable bonds is 3. The molecule has 0 aromatic heterocycles. The topological polar surface area (TPSA) is 0 Å². The van der Waals surface area contributed by atoms with Gasteiger partial charge in [-0.15, -0.1) is 0 Å². The van der Waals surface area contributed by atoms with Crippen molar-refractivity contribution in [2.45, 2.75) is 0 Å². The van der Waals surface area contributed by atoms with E-state index in [0.29, 0.717) is 0 Å². The largest absolute Gasteiger partial charge is 0.0622 e. The Bertz CT molecular complexity index is 3130. The molecule has 11 aromatic carbocycles. The Morgan fingerprint density at radius 3 is 1.50 bits per heavy atom. The highest BCUT2D eigenvalue weighted by Gasteiger charge is 2.22. The molecule has 0 saturated carbocycles. The van der Waals surface area contributed by atoms with Crippen LogP contribution in [0, 0.1) is 0 Å². The molecule has 0 aliphatic heterocycles. The van der Waals surface area contributed by atoms with E-state index in [1.807, 2.05) is 0 Å². The van der Waals surface area contributed by atoms with Gasteiger partial charge in [-0.1, -0.05) is 176 Å². The molecular weight excluding hydrogens is 601 g/mol. The van der Waals surface area contributed by atoms with Crippen LogP contribution in [-0.4, -0.2) is 0 Å². The van der Waals surface area contributed by atoms with Gasteiger partial charge in [-0.05, 0) is 115 Å². The first-order valence-corrected chi connectivity index (χ1v) is 17.4. The van der Waals surface area contributed by atoms with E-state index in [4.69, 9.17) is 0 Å². The predicted molar refractivity (Wildman–Crippen MR) is 216 cm³/mol. The van der Waals surface area contributed by atoms with Crippen LogP contribution in [0.15, 0.2) is 182 Å². The highest BCUT2D eigenvalue weighted by atomic mass is 14.2. The zero-order valence-corrected chi connectivity index (χ0v) is 27.3. The predicted octanol–water partition coefficient (Wildman–Crippen LogP) is 14.2. The second-order valence-corrected chi connectivity index (χ2v) is 13.6. The summed E-state index contributed by atoms with van der Waals surface area (Å²) in [5, 5.41) is 18.0. The van der Waals surface area contributed by atoms with E-state index in [1.54, 1.807) is 0 Å². The molecule has 0 heteroatoms. The van der Waals surface area contributed by atoms with Gasteiger partial charge in [0.15, 0.2) is 0 Å². The molecule has 0 heterocycles. The van der Waals surface area contributed by atoms with Crippen molar-refractivity contribution in [2.75, 3.05) is 0 Å². The smallest absolute Gasteiger partial charge is 0.00139 e. The van der Waals surface area contributed by atoms with Gasteiger partial charge in [-0.2, -0.15) is 0 Å². The first-order valence-electron chi connectivity index (χ1n) is 17.4. The Kier molecular flexibility index (Phi) is 5.76. The Labute approximate surface area is 289 Å². The molecule has 0 unspecified atom stereocenters. The third kappa shape index (κ3) is 3.88. The molecule has 11 rings (SSSR count). The van der Waals surface area contributed by atoms with Crippen LogP contribution in [-0.2, 0) is 0 Å². The van der Waals surface area contributed by atoms with Gasteiger partial charge < -0.3 is 0 Å². The van der Waals surface area contributed by atoms with E-state index in [9.17, 15) is 0 Å². The third-order valence-corrected chi connectivity index (χ3v) is 11.0. The zero-order chi connectivity index (χ0) is 32.8. The summed E-state index contributed by atoms with van der Waals surface area (Å²) in [4.78, 5) is 0. The summed E-state index contributed by atoms with van der Waals surface area (Å²) in [7, 11) is 0. The second kappa shape index (κ2) is 10.5. The van der Waals surface area contributed by atoms with Crippen LogP contribution < -0.4 is 0 Å². The zero-order valence-electron chi connectivity index (χ0n) is 27.3. The van der Waals surface area contributed by atoms with Crippen LogP contribution in [0.1, 0.15) is 0 Å². The average Bonchev–Trinajstić information content (AvgIpc) is 3.19. The maximum absolute atomic E-state index is 2.37. The van der Waals surface area contributed by atoms with E-state index in [-0.39, 0.29) is 0 Å². The van der Waals surface area contributed by atoms with Crippen molar-refractivity contribution in [1.29, 1.82) is 0 Å². The number of fused-ring (bicyclic) bond motifs is 5. The van der Waals surface area contributed by atoms with Crippen LogP contribution in [0.5, 0.6) is 0 Å². The van der Waals surface area contributed by atoms with Crippen molar-refractivity contribution < 1.29 is 0 Å². The molecule has 230 valence electrons. The summed E-state index contributed by atoms with van der Waals surface area (Å²) in [6.07, 6.45) is 0. The van der Waals surface area contributed by atoms with Crippen LogP contribution in [0.3, 0.4) is 0 Å². The summed E-state index contributed by atoms with van der Waals surface area (Å²) in [6, 6.07) is 67.7. The van der Waals surface area contributed by atoms with Crippen LogP contribution in [0.2, 0.25) is 0 Å². The summed E-state index contributed by atoms with van der Waals surface area (Å²) >= 11 is 0. The maximum atomic E-state index is 2.37. The quantitative estimate of drug-likeness (QED) is 0.135. The highest BCUT2D eigenvalue weighted by Crippen LogP contribution is 2.49. The van der Waals surface area contributed by atoms with Gasteiger partial charge in [0.2, 0.25) is 0 Å². The molecule has 0 aliphatic rings. The van der Waals surface area contributed by atoms with E-state index in [0.717, 1.165) is 0 Å². The number of hydrogen-bond acceptors (Lipinski definition) is 0. The van der Waals surface area contributed by atoms with Crippen LogP contribution in [0.4, 0.5) is 0 Å². The third-order valence-electron chi connectivity index (χ3n) is 11.0. The van der Waals surface area contributed by atoms with Crippen molar-refractivity contribution >= 4 is 75.4 Å². The SMILES string of the molecule is c1ccc(-c2ccc3ccc4c(-c5c6ccccc6c(-c6ccc7ccccc7c6)c6ccc7ccccc7c56)ccc5ccc2c3c54)cc1. The minimum Gasteiger partial charge on any atom is -0.0622 e. The van der Waals surface area contributed by atoms with Gasteiger partial charge in [0.25, 0.3) is 0 Å². The van der Waals surface area contributed by atoms with Gasteiger partial charge in [-0.3, -0.25) is 0 Å². The first kappa shape index (κ1) is 27.5. The highest BCUT2D eigenvalue weighted by molar-refractivity contribution is 6.33. The Morgan fingerprint density at radius 2 is 0.740 bits per heavy atom. The standard InChI is InChI=1S/C50H30/c1-2-11-32(12-3-1)38-25-21-34-23-27-43-44(28-24-35-22-26-42(38)47(34)48(35)43)50-41-17-9-8-16-40(41)46(37-19-18-31-10-4-5-14-36(31)30-37)45-29-20-33-13-6-7-15-39(33)49(45)50/h1-30H. The van der Waals surface area contributed by atoms with Gasteiger partial charge >= 0.3 is 0 Å². The van der Waals surface area contributed by atoms with E-state index in [1.165, 1.54) is 109 Å². The number of hydrogen-bond donors (Lipinski definition) is 0. The lowest BCUT2D eigenvalue weighted by Gasteiger charge is -2.22. The average molecular weight is 631 g/mol. The van der Waals surface area contributed by atoms with Crippen LogP contribution in [0.25, 0.3) is 109 Å². The molecule has 0 aliphatic carbocycles. The minimum absolute atomic E-state index is 1.25. The van der Waals surface area contributed by atoms with E-state index < -0.39 is 0 Å². The summed E-state index contributed by atoms with van der Waals surface area (Å²) in [6.45, 7) is 0. The van der Waals surface area contributed by atoms with Crippen molar-refractivity contribution in [3.63, 3.8) is 0 Å². The fourth-order valence-corrected chi connectivity index (χ4v) is 8.77.